The van der Waals surface area contributed by atoms with Crippen molar-refractivity contribution in [2.24, 2.45) is 5.73 Å². The van der Waals surface area contributed by atoms with Crippen molar-refractivity contribution in [2.75, 3.05) is 0 Å². The Morgan fingerprint density at radius 1 is 1.14 bits per heavy atom. The molecular weight excluding hydrogens is 480 g/mol. The van der Waals surface area contributed by atoms with Gasteiger partial charge in [-0.3, -0.25) is 24.5 Å². The van der Waals surface area contributed by atoms with E-state index in [-0.39, 0.29) is 37.6 Å². The third-order valence-corrected chi connectivity index (χ3v) is 7.00. The number of phenols is 1. The predicted molar refractivity (Wildman–Crippen MR) is 133 cm³/mol. The largest absolute Gasteiger partial charge is 0.506 e. The van der Waals surface area contributed by atoms with Crippen molar-refractivity contribution in [3.63, 3.8) is 0 Å². The van der Waals surface area contributed by atoms with Gasteiger partial charge in [0.25, 0.3) is 11.2 Å². The number of nitrogens with zero attached hydrogens (tertiary/aromatic N) is 5. The van der Waals surface area contributed by atoms with Crippen LogP contribution in [0.2, 0.25) is 0 Å². The molecule has 5 rings (SSSR count). The summed E-state index contributed by atoms with van der Waals surface area (Å²) in [6, 6.07) is 16.2. The van der Waals surface area contributed by atoms with Gasteiger partial charge >= 0.3 is 0 Å². The number of benzene rings is 2. The first kappa shape index (κ1) is 22.5. The van der Waals surface area contributed by atoms with Crippen LogP contribution in [0.4, 0.5) is 5.69 Å². The molecule has 3 heterocycles. The number of aromatic nitrogens is 2. The fourth-order valence-electron chi connectivity index (χ4n) is 4.22. The summed E-state index contributed by atoms with van der Waals surface area (Å²) in [7, 11) is 0. The van der Waals surface area contributed by atoms with E-state index >= 15 is 0 Å². The summed E-state index contributed by atoms with van der Waals surface area (Å²) < 4.78 is 1.68. The van der Waals surface area contributed by atoms with Crippen molar-refractivity contribution in [1.82, 2.24) is 9.55 Å². The number of hydrogen-bond acceptors (Lipinski definition) is 9. The molecule has 0 fully saturated rings. The molecule has 2 aromatic carbocycles. The summed E-state index contributed by atoms with van der Waals surface area (Å²) in [5, 5.41) is 41.7. The number of aromatic hydroxyl groups is 1. The zero-order valence-corrected chi connectivity index (χ0v) is 19.1. The molecule has 36 heavy (non-hydrogen) atoms. The molecule has 0 amide bonds. The molecule has 11 heteroatoms. The number of fused-ring (bicyclic) bond motifs is 2. The first-order valence-electron chi connectivity index (χ1n) is 10.4. The molecule has 10 nitrogen and oxygen atoms in total. The molecule has 0 saturated carbocycles. The molecule has 3 N–H and O–H groups in total. The van der Waals surface area contributed by atoms with Crippen LogP contribution in [0.3, 0.4) is 0 Å². The fourth-order valence-corrected chi connectivity index (χ4v) is 5.34. The van der Waals surface area contributed by atoms with Crippen LogP contribution in [0.15, 0.2) is 65.1 Å². The standard InChI is InChI=1S/C25H14N6O4S/c26-11-17-21(13-3-6-15(7-4-13)31(34)35)18(12-27)25-30(23(17)28)24(33)20(36-25)10-14-5-8-19(32)22-16(14)2-1-9-29-22/h1-10,21,32H,28H2/b20-10+. The Balaban J connectivity index is 1.79. The Kier molecular flexibility index (Phi) is 5.32. The van der Waals surface area contributed by atoms with Crippen LogP contribution in [-0.2, 0) is 0 Å². The topological polar surface area (TPSA) is 172 Å². The van der Waals surface area contributed by atoms with E-state index < -0.39 is 16.4 Å². The van der Waals surface area contributed by atoms with Gasteiger partial charge in [0.1, 0.15) is 21.8 Å². The van der Waals surface area contributed by atoms with E-state index in [0.717, 1.165) is 15.9 Å². The van der Waals surface area contributed by atoms with Crippen molar-refractivity contribution >= 4 is 45.4 Å². The Hall–Kier alpha value is -5.26. The van der Waals surface area contributed by atoms with Gasteiger partial charge in [-0.25, -0.2) is 0 Å². The molecular formula is C25H14N6O4S. The normalized spacial score (nSPS) is 15.4. The van der Waals surface area contributed by atoms with Gasteiger partial charge in [-0.1, -0.05) is 24.3 Å². The van der Waals surface area contributed by atoms with Crippen LogP contribution in [0.1, 0.15) is 17.0 Å². The number of hydrogen-bond donors (Lipinski definition) is 2. The van der Waals surface area contributed by atoms with Crippen LogP contribution in [0.5, 0.6) is 5.75 Å². The second-order valence-corrected chi connectivity index (χ2v) is 8.88. The SMILES string of the molecule is N#CC1=C(N)n2c(s/c(=C/c3ccc(O)c4ncccc34)c2=O)=C(C#N)C1c1ccc([N+](=O)[O-])cc1. The van der Waals surface area contributed by atoms with Gasteiger partial charge in [-0.05, 0) is 29.3 Å². The fraction of sp³-hybridized carbons (Fsp3) is 0.0400. The summed E-state index contributed by atoms with van der Waals surface area (Å²) >= 11 is 1.05. The minimum Gasteiger partial charge on any atom is -0.506 e. The Morgan fingerprint density at radius 3 is 2.53 bits per heavy atom. The number of thiazole rings is 1. The lowest BCUT2D eigenvalue weighted by Crippen LogP contribution is -2.38. The Bertz CT molecular complexity index is 1890. The van der Waals surface area contributed by atoms with E-state index in [1.807, 2.05) is 6.07 Å². The van der Waals surface area contributed by atoms with E-state index in [0.29, 0.717) is 22.0 Å². The first-order chi connectivity index (χ1) is 17.3. The number of non-ortho nitro benzene ring substituents is 1. The minimum absolute atomic E-state index is 0.00126. The third kappa shape index (κ3) is 3.39. The lowest BCUT2D eigenvalue weighted by atomic mass is 9.84. The highest BCUT2D eigenvalue weighted by Crippen LogP contribution is 2.36. The summed E-state index contributed by atoms with van der Waals surface area (Å²) in [6.07, 6.45) is 3.17. The average Bonchev–Trinajstić information content (AvgIpc) is 3.21. The first-order valence-corrected chi connectivity index (χ1v) is 11.3. The zero-order valence-electron chi connectivity index (χ0n) is 18.2. The highest BCUT2D eigenvalue weighted by molar-refractivity contribution is 7.07. The van der Waals surface area contributed by atoms with Crippen LogP contribution in [0.25, 0.3) is 28.4 Å². The minimum atomic E-state index is -0.884. The molecule has 1 aliphatic heterocycles. The van der Waals surface area contributed by atoms with Crippen molar-refractivity contribution in [1.29, 1.82) is 10.5 Å². The predicted octanol–water partition coefficient (Wildman–Crippen LogP) is 2.02. The van der Waals surface area contributed by atoms with Crippen LogP contribution >= 0.6 is 11.3 Å². The average molecular weight is 494 g/mol. The van der Waals surface area contributed by atoms with Gasteiger partial charge in [0, 0.05) is 23.7 Å². The van der Waals surface area contributed by atoms with E-state index in [1.165, 1.54) is 30.3 Å². The second kappa shape index (κ2) is 8.51. The maximum atomic E-state index is 13.4. The number of nitro benzene ring substituents is 1. The summed E-state index contributed by atoms with van der Waals surface area (Å²) in [6.45, 7) is 0. The number of phenolic OH excluding ortho intramolecular Hbond substituents is 1. The van der Waals surface area contributed by atoms with Crippen LogP contribution < -0.4 is 20.5 Å². The van der Waals surface area contributed by atoms with E-state index in [4.69, 9.17) is 5.73 Å². The van der Waals surface area contributed by atoms with Crippen molar-refractivity contribution < 1.29 is 10.0 Å². The third-order valence-electron chi connectivity index (χ3n) is 5.90. The molecule has 0 bridgehead atoms. The van der Waals surface area contributed by atoms with Crippen molar-refractivity contribution in [2.45, 2.75) is 5.92 Å². The second-order valence-electron chi connectivity index (χ2n) is 7.85. The molecule has 1 aliphatic rings. The highest BCUT2D eigenvalue weighted by Gasteiger charge is 2.32. The number of nitrogens with two attached hydrogens (primary N) is 1. The van der Waals surface area contributed by atoms with E-state index in [9.17, 15) is 30.5 Å². The molecule has 0 radical (unpaired) electrons. The van der Waals surface area contributed by atoms with E-state index in [2.05, 4.69) is 11.1 Å². The maximum absolute atomic E-state index is 13.4. The molecule has 2 aromatic heterocycles. The lowest BCUT2D eigenvalue weighted by Gasteiger charge is -2.22. The van der Waals surface area contributed by atoms with Gasteiger partial charge in [0.15, 0.2) is 0 Å². The van der Waals surface area contributed by atoms with Crippen molar-refractivity contribution in [3.8, 4) is 17.9 Å². The monoisotopic (exact) mass is 494 g/mol. The smallest absolute Gasteiger partial charge is 0.274 e. The van der Waals surface area contributed by atoms with Gasteiger partial charge in [0.2, 0.25) is 0 Å². The highest BCUT2D eigenvalue weighted by atomic mass is 32.1. The number of allylic oxidation sites excluding steroid dienone is 1. The van der Waals surface area contributed by atoms with Crippen LogP contribution in [0, 0.1) is 32.8 Å². The molecule has 0 spiro atoms. The zero-order chi connectivity index (χ0) is 25.6. The number of rotatable bonds is 3. The Morgan fingerprint density at radius 2 is 1.86 bits per heavy atom. The van der Waals surface area contributed by atoms with E-state index in [1.54, 1.807) is 30.5 Å². The van der Waals surface area contributed by atoms with Gasteiger partial charge < -0.3 is 10.8 Å². The van der Waals surface area contributed by atoms with Gasteiger partial charge in [0.05, 0.1) is 38.7 Å². The number of pyridine rings is 1. The summed E-state index contributed by atoms with van der Waals surface area (Å²) in [4.78, 5) is 28.1. The molecule has 0 saturated heterocycles. The van der Waals surface area contributed by atoms with Crippen LogP contribution in [-0.4, -0.2) is 19.6 Å². The Labute approximate surface area is 206 Å². The maximum Gasteiger partial charge on any atom is 0.274 e. The molecule has 0 aliphatic carbocycles. The summed E-state index contributed by atoms with van der Waals surface area (Å²) in [5.74, 6) is -0.986. The van der Waals surface area contributed by atoms with Gasteiger partial charge in [-0.15, -0.1) is 11.3 Å². The molecule has 4 aromatic rings. The molecule has 1 atom stereocenters. The van der Waals surface area contributed by atoms with Gasteiger partial charge in [-0.2, -0.15) is 10.5 Å². The summed E-state index contributed by atoms with van der Waals surface area (Å²) in [5.41, 5.74) is 7.24. The number of nitro groups is 1. The molecule has 1 unspecified atom stereocenters. The van der Waals surface area contributed by atoms with Crippen molar-refractivity contribution in [3.05, 3.63) is 101 Å². The molecule has 174 valence electrons. The quantitative estimate of drug-likeness (QED) is 0.321. The lowest BCUT2D eigenvalue weighted by molar-refractivity contribution is -0.384. The number of nitriles is 2.